The molecule has 0 amide bonds. The van der Waals surface area contributed by atoms with Gasteiger partial charge >= 0.3 is 0 Å². The average molecular weight is 352 g/mol. The Morgan fingerprint density at radius 2 is 2.31 bits per heavy atom. The maximum absolute atomic E-state index is 8.84. The lowest BCUT2D eigenvalue weighted by Gasteiger charge is -2.07. The van der Waals surface area contributed by atoms with Crippen LogP contribution in [0.2, 0.25) is 0 Å². The first-order valence-corrected chi connectivity index (χ1v) is 5.58. The van der Waals surface area contributed by atoms with Crippen molar-refractivity contribution in [1.82, 2.24) is 0 Å². The molecule has 0 atom stereocenters. The van der Waals surface area contributed by atoms with Crippen LogP contribution in [0.3, 0.4) is 0 Å². The normalized spacial score (nSPS) is 9.38. The van der Waals surface area contributed by atoms with Gasteiger partial charge in [-0.1, -0.05) is 15.9 Å². The molecule has 0 aromatic heterocycles. The molecule has 0 saturated carbocycles. The lowest BCUT2D eigenvalue weighted by atomic mass is 10.2. The van der Waals surface area contributed by atoms with Crippen LogP contribution in [0.1, 0.15) is 12.5 Å². The van der Waals surface area contributed by atoms with Crippen molar-refractivity contribution in [2.45, 2.75) is 6.92 Å². The number of nitriles is 1. The highest BCUT2D eigenvalue weighted by Gasteiger charge is 2.08. The van der Waals surface area contributed by atoms with E-state index in [1.807, 2.05) is 13.0 Å². The molecule has 1 aromatic rings. The molecule has 0 aliphatic carbocycles. The van der Waals surface area contributed by atoms with Crippen LogP contribution in [0.4, 0.5) is 0 Å². The van der Waals surface area contributed by atoms with E-state index in [1.54, 1.807) is 6.07 Å². The zero-order valence-electron chi connectivity index (χ0n) is 6.97. The molecule has 0 N–H and O–H groups in total. The van der Waals surface area contributed by atoms with Crippen LogP contribution in [0.5, 0.6) is 5.75 Å². The summed E-state index contributed by atoms with van der Waals surface area (Å²) in [6.07, 6.45) is 0. The summed E-state index contributed by atoms with van der Waals surface area (Å²) >= 11 is 5.48. The molecule has 0 aliphatic rings. The number of nitrogens with zero attached hydrogens (tertiary/aromatic N) is 1. The third kappa shape index (κ3) is 2.58. The van der Waals surface area contributed by atoms with E-state index >= 15 is 0 Å². The van der Waals surface area contributed by atoms with Crippen LogP contribution < -0.4 is 4.74 Å². The fourth-order valence-corrected chi connectivity index (χ4v) is 2.60. The fraction of sp³-hybridized carbons (Fsp3) is 0.222. The molecule has 0 bridgehead atoms. The standard InChI is InChI=1S/C9H7BrINO/c1-2-13-9-6(5-12)3-7(10)4-8(9)11/h3-4H,2H2,1H3. The van der Waals surface area contributed by atoms with Crippen LogP contribution in [0.15, 0.2) is 16.6 Å². The topological polar surface area (TPSA) is 33.0 Å². The summed E-state index contributed by atoms with van der Waals surface area (Å²) in [7, 11) is 0. The van der Waals surface area contributed by atoms with Gasteiger partial charge in [-0.25, -0.2) is 0 Å². The smallest absolute Gasteiger partial charge is 0.150 e. The van der Waals surface area contributed by atoms with Crippen molar-refractivity contribution < 1.29 is 4.74 Å². The van der Waals surface area contributed by atoms with Gasteiger partial charge in [-0.2, -0.15) is 5.26 Å². The second-order valence-corrected chi connectivity index (χ2v) is 4.39. The number of halogens is 2. The van der Waals surface area contributed by atoms with Gasteiger partial charge in [0, 0.05) is 4.47 Å². The van der Waals surface area contributed by atoms with Gasteiger partial charge in [-0.05, 0) is 41.6 Å². The van der Waals surface area contributed by atoms with Crippen LogP contribution >= 0.6 is 38.5 Å². The summed E-state index contributed by atoms with van der Waals surface area (Å²) in [5, 5.41) is 8.84. The Labute approximate surface area is 99.2 Å². The van der Waals surface area contributed by atoms with Gasteiger partial charge in [0.05, 0.1) is 15.7 Å². The quantitative estimate of drug-likeness (QED) is 0.766. The number of hydrogen-bond donors (Lipinski definition) is 0. The molecule has 0 heterocycles. The fourth-order valence-electron chi connectivity index (χ4n) is 0.934. The third-order valence-corrected chi connectivity index (χ3v) is 2.68. The van der Waals surface area contributed by atoms with Gasteiger partial charge in [-0.15, -0.1) is 0 Å². The Morgan fingerprint density at radius 3 is 2.85 bits per heavy atom. The zero-order chi connectivity index (χ0) is 9.84. The van der Waals surface area contributed by atoms with E-state index in [9.17, 15) is 0 Å². The molecule has 68 valence electrons. The highest BCUT2D eigenvalue weighted by atomic mass is 127. The van der Waals surface area contributed by atoms with Crippen LogP contribution in [0, 0.1) is 14.9 Å². The lowest BCUT2D eigenvalue weighted by molar-refractivity contribution is 0.337. The van der Waals surface area contributed by atoms with Gasteiger partial charge < -0.3 is 4.74 Å². The maximum Gasteiger partial charge on any atom is 0.150 e. The van der Waals surface area contributed by atoms with E-state index in [2.05, 4.69) is 44.6 Å². The molecule has 0 aliphatic heterocycles. The molecule has 2 nitrogen and oxygen atoms in total. The number of hydrogen-bond acceptors (Lipinski definition) is 2. The average Bonchev–Trinajstić information content (AvgIpc) is 2.09. The van der Waals surface area contributed by atoms with E-state index < -0.39 is 0 Å². The molecule has 13 heavy (non-hydrogen) atoms. The number of rotatable bonds is 2. The summed E-state index contributed by atoms with van der Waals surface area (Å²) in [5.41, 5.74) is 0.570. The van der Waals surface area contributed by atoms with Crippen molar-refractivity contribution in [3.63, 3.8) is 0 Å². The van der Waals surface area contributed by atoms with Gasteiger partial charge in [0.2, 0.25) is 0 Å². The molecule has 0 saturated heterocycles. The second kappa shape index (κ2) is 4.82. The molecule has 0 spiro atoms. The van der Waals surface area contributed by atoms with Crippen molar-refractivity contribution in [2.75, 3.05) is 6.61 Å². The van der Waals surface area contributed by atoms with E-state index in [4.69, 9.17) is 10.00 Å². The van der Waals surface area contributed by atoms with E-state index in [-0.39, 0.29) is 0 Å². The summed E-state index contributed by atoms with van der Waals surface area (Å²) in [5.74, 6) is 0.675. The lowest BCUT2D eigenvalue weighted by Crippen LogP contribution is -1.97. The van der Waals surface area contributed by atoms with Crippen molar-refractivity contribution in [2.24, 2.45) is 0 Å². The van der Waals surface area contributed by atoms with Crippen molar-refractivity contribution in [3.05, 3.63) is 25.7 Å². The van der Waals surface area contributed by atoms with E-state index in [1.165, 1.54) is 0 Å². The van der Waals surface area contributed by atoms with Crippen LogP contribution in [-0.4, -0.2) is 6.61 Å². The Morgan fingerprint density at radius 1 is 1.62 bits per heavy atom. The predicted molar refractivity (Wildman–Crippen MR) is 62.7 cm³/mol. The van der Waals surface area contributed by atoms with Crippen molar-refractivity contribution >= 4 is 38.5 Å². The minimum Gasteiger partial charge on any atom is -0.491 e. The van der Waals surface area contributed by atoms with Crippen molar-refractivity contribution in [3.8, 4) is 11.8 Å². The predicted octanol–water partition coefficient (Wildman–Crippen LogP) is 3.32. The maximum atomic E-state index is 8.84. The molecule has 0 fully saturated rings. The Hall–Kier alpha value is -0.280. The molecule has 1 aromatic carbocycles. The third-order valence-electron chi connectivity index (χ3n) is 1.42. The summed E-state index contributed by atoms with van der Waals surface area (Å²) in [4.78, 5) is 0. The second-order valence-electron chi connectivity index (χ2n) is 2.31. The summed E-state index contributed by atoms with van der Waals surface area (Å²) < 4.78 is 7.21. The van der Waals surface area contributed by atoms with E-state index in [0.717, 1.165) is 8.04 Å². The highest BCUT2D eigenvalue weighted by molar-refractivity contribution is 14.1. The monoisotopic (exact) mass is 351 g/mol. The minimum absolute atomic E-state index is 0.570. The minimum atomic E-state index is 0.570. The first-order chi connectivity index (χ1) is 6.19. The molecular formula is C9H7BrINO. The molecule has 1 rings (SSSR count). The van der Waals surface area contributed by atoms with Crippen LogP contribution in [-0.2, 0) is 0 Å². The largest absolute Gasteiger partial charge is 0.491 e. The zero-order valence-corrected chi connectivity index (χ0v) is 10.7. The van der Waals surface area contributed by atoms with Crippen LogP contribution in [0.25, 0.3) is 0 Å². The van der Waals surface area contributed by atoms with Gasteiger partial charge in [0.1, 0.15) is 11.8 Å². The first kappa shape index (κ1) is 10.8. The first-order valence-electron chi connectivity index (χ1n) is 3.71. The van der Waals surface area contributed by atoms with Gasteiger partial charge in [0.15, 0.2) is 0 Å². The Kier molecular flexibility index (Phi) is 4.00. The highest BCUT2D eigenvalue weighted by Crippen LogP contribution is 2.29. The van der Waals surface area contributed by atoms with E-state index in [0.29, 0.717) is 17.9 Å². The Balaban J connectivity index is 3.23. The van der Waals surface area contributed by atoms with Crippen molar-refractivity contribution in [1.29, 1.82) is 5.26 Å². The molecule has 0 unspecified atom stereocenters. The van der Waals surface area contributed by atoms with Gasteiger partial charge in [0.25, 0.3) is 0 Å². The summed E-state index contributed by atoms with van der Waals surface area (Å²) in [6, 6.07) is 5.78. The SMILES string of the molecule is CCOc1c(I)cc(Br)cc1C#N. The Bertz CT molecular complexity index is 359. The van der Waals surface area contributed by atoms with Gasteiger partial charge in [-0.3, -0.25) is 0 Å². The molecular weight excluding hydrogens is 345 g/mol. The summed E-state index contributed by atoms with van der Waals surface area (Å²) in [6.45, 7) is 2.48. The number of benzene rings is 1. The molecule has 0 radical (unpaired) electrons. The molecule has 4 heteroatoms. The number of ether oxygens (including phenoxy) is 1.